The molecule has 33 heavy (non-hydrogen) atoms. The highest BCUT2D eigenvalue weighted by atomic mass is 32.2. The van der Waals surface area contributed by atoms with Crippen molar-refractivity contribution in [2.75, 3.05) is 18.4 Å². The standard InChI is InChI=1S/C22H23N7O3S/c23-33(30,31)18-4-2-16(3-5-18)28-22-25-11-14-1-6-19(15-12-26-27-13-15)21(20(14)29-22)32-17-7-9-24-10-8-17/h1-6,11-13,17,24H,7-10H2,(H,26,27)(H2,23,30,31)(H,25,28,29). The van der Waals surface area contributed by atoms with E-state index in [0.717, 1.165) is 42.4 Å². The van der Waals surface area contributed by atoms with Gasteiger partial charge in [0.15, 0.2) is 5.75 Å². The average Bonchev–Trinajstić information content (AvgIpc) is 3.35. The number of H-pyrrole nitrogens is 1. The second-order valence-corrected chi connectivity index (χ2v) is 9.38. The van der Waals surface area contributed by atoms with E-state index in [0.29, 0.717) is 22.9 Å². The topological polar surface area (TPSA) is 148 Å². The number of primary sulfonamides is 1. The van der Waals surface area contributed by atoms with Gasteiger partial charge in [-0.3, -0.25) is 5.10 Å². The molecule has 0 saturated carbocycles. The van der Waals surface area contributed by atoms with Crippen LogP contribution in [-0.2, 0) is 10.0 Å². The molecule has 0 amide bonds. The molecule has 11 heteroatoms. The van der Waals surface area contributed by atoms with Gasteiger partial charge in [0, 0.05) is 34.6 Å². The van der Waals surface area contributed by atoms with Crippen LogP contribution in [0.3, 0.4) is 0 Å². The van der Waals surface area contributed by atoms with Crippen molar-refractivity contribution < 1.29 is 13.2 Å². The Morgan fingerprint density at radius 1 is 1.06 bits per heavy atom. The smallest absolute Gasteiger partial charge is 0.238 e. The van der Waals surface area contributed by atoms with Gasteiger partial charge in [-0.05, 0) is 56.3 Å². The van der Waals surface area contributed by atoms with Crippen molar-refractivity contribution >= 4 is 32.6 Å². The van der Waals surface area contributed by atoms with Gasteiger partial charge in [-0.2, -0.15) is 5.10 Å². The molecular formula is C22H23N7O3S. The van der Waals surface area contributed by atoms with Crippen LogP contribution in [0.25, 0.3) is 22.0 Å². The van der Waals surface area contributed by atoms with E-state index < -0.39 is 10.0 Å². The molecule has 10 nitrogen and oxygen atoms in total. The lowest BCUT2D eigenvalue weighted by Crippen LogP contribution is -2.34. The van der Waals surface area contributed by atoms with Crippen molar-refractivity contribution in [3.05, 3.63) is 55.0 Å². The van der Waals surface area contributed by atoms with Crippen molar-refractivity contribution in [1.29, 1.82) is 0 Å². The maximum Gasteiger partial charge on any atom is 0.238 e. The summed E-state index contributed by atoms with van der Waals surface area (Å²) in [6, 6.07) is 10.0. The summed E-state index contributed by atoms with van der Waals surface area (Å²) >= 11 is 0. The number of aromatic nitrogens is 4. The first-order valence-electron chi connectivity index (χ1n) is 10.5. The van der Waals surface area contributed by atoms with Crippen LogP contribution in [0.15, 0.2) is 59.9 Å². The molecule has 170 valence electrons. The highest BCUT2D eigenvalue weighted by Crippen LogP contribution is 2.37. The van der Waals surface area contributed by atoms with E-state index in [4.69, 9.17) is 14.9 Å². The van der Waals surface area contributed by atoms with Crippen LogP contribution in [-0.4, -0.2) is 47.8 Å². The minimum Gasteiger partial charge on any atom is -0.487 e. The number of fused-ring (bicyclic) bond motifs is 1. The van der Waals surface area contributed by atoms with E-state index in [2.05, 4.69) is 25.8 Å². The van der Waals surface area contributed by atoms with Crippen LogP contribution in [0.4, 0.5) is 11.6 Å². The summed E-state index contributed by atoms with van der Waals surface area (Å²) in [5.41, 5.74) is 3.13. The van der Waals surface area contributed by atoms with Crippen LogP contribution in [0.1, 0.15) is 12.8 Å². The number of nitrogens with two attached hydrogens (primary N) is 1. The molecular weight excluding hydrogens is 442 g/mol. The summed E-state index contributed by atoms with van der Waals surface area (Å²) in [5.74, 6) is 1.06. The van der Waals surface area contributed by atoms with E-state index in [9.17, 15) is 8.42 Å². The van der Waals surface area contributed by atoms with E-state index in [1.54, 1.807) is 24.5 Å². The molecule has 1 saturated heterocycles. The van der Waals surface area contributed by atoms with Crippen molar-refractivity contribution in [2.24, 2.45) is 5.14 Å². The highest BCUT2D eigenvalue weighted by Gasteiger charge is 2.20. The molecule has 5 rings (SSSR count). The first-order valence-corrected chi connectivity index (χ1v) is 12.1. The zero-order valence-electron chi connectivity index (χ0n) is 17.7. The van der Waals surface area contributed by atoms with Gasteiger partial charge in [0.1, 0.15) is 11.6 Å². The number of ether oxygens (including phenoxy) is 1. The first-order chi connectivity index (χ1) is 16.0. The summed E-state index contributed by atoms with van der Waals surface area (Å²) < 4.78 is 29.5. The molecule has 0 unspecified atom stereocenters. The van der Waals surface area contributed by atoms with Crippen molar-refractivity contribution in [2.45, 2.75) is 23.8 Å². The number of nitrogens with one attached hydrogen (secondary N) is 3. The summed E-state index contributed by atoms with van der Waals surface area (Å²) in [7, 11) is -3.76. The monoisotopic (exact) mass is 465 g/mol. The second kappa shape index (κ2) is 8.77. The van der Waals surface area contributed by atoms with E-state index in [-0.39, 0.29) is 11.0 Å². The van der Waals surface area contributed by atoms with Crippen molar-refractivity contribution in [1.82, 2.24) is 25.5 Å². The summed E-state index contributed by atoms with van der Waals surface area (Å²) in [5, 5.41) is 19.4. The fourth-order valence-corrected chi connectivity index (χ4v) is 4.33. The SMILES string of the molecule is NS(=O)(=O)c1ccc(Nc2ncc3ccc(-c4cn[nH]c4)c(OC4CCNCC4)c3n2)cc1. The van der Waals surface area contributed by atoms with Gasteiger partial charge in [0.05, 0.1) is 11.1 Å². The van der Waals surface area contributed by atoms with E-state index in [1.165, 1.54) is 12.1 Å². The van der Waals surface area contributed by atoms with Gasteiger partial charge in [-0.15, -0.1) is 0 Å². The van der Waals surface area contributed by atoms with Crippen molar-refractivity contribution in [3.8, 4) is 16.9 Å². The quantitative estimate of drug-likeness (QED) is 0.340. The van der Waals surface area contributed by atoms with E-state index in [1.807, 2.05) is 18.3 Å². The maximum absolute atomic E-state index is 11.5. The molecule has 4 aromatic rings. The number of aromatic amines is 1. The Bertz CT molecular complexity index is 1370. The summed E-state index contributed by atoms with van der Waals surface area (Å²) in [6.07, 6.45) is 7.22. The molecule has 1 aliphatic heterocycles. The third-order valence-corrected chi connectivity index (χ3v) is 6.45. The number of sulfonamides is 1. The highest BCUT2D eigenvalue weighted by molar-refractivity contribution is 7.89. The third kappa shape index (κ3) is 4.65. The molecule has 0 atom stereocenters. The number of hydrogen-bond acceptors (Lipinski definition) is 8. The lowest BCUT2D eigenvalue weighted by molar-refractivity contribution is 0.165. The Kier molecular flexibility index (Phi) is 5.67. The summed E-state index contributed by atoms with van der Waals surface area (Å²) in [4.78, 5) is 9.18. The van der Waals surface area contributed by atoms with Gasteiger partial charge in [-0.25, -0.2) is 23.5 Å². The zero-order valence-corrected chi connectivity index (χ0v) is 18.5. The fourth-order valence-electron chi connectivity index (χ4n) is 3.81. The van der Waals surface area contributed by atoms with Gasteiger partial charge in [0.25, 0.3) is 0 Å². The van der Waals surface area contributed by atoms with Gasteiger partial charge in [0.2, 0.25) is 16.0 Å². The second-order valence-electron chi connectivity index (χ2n) is 7.82. The summed E-state index contributed by atoms with van der Waals surface area (Å²) in [6.45, 7) is 1.82. The van der Waals surface area contributed by atoms with Gasteiger partial charge < -0.3 is 15.4 Å². The Morgan fingerprint density at radius 3 is 2.55 bits per heavy atom. The molecule has 2 aromatic carbocycles. The predicted octanol–water partition coefficient (Wildman–Crippen LogP) is 2.54. The van der Waals surface area contributed by atoms with Crippen LogP contribution < -0.4 is 20.5 Å². The zero-order chi connectivity index (χ0) is 22.8. The predicted molar refractivity (Wildman–Crippen MR) is 125 cm³/mol. The number of rotatable bonds is 6. The Hall–Kier alpha value is -3.54. The Labute approximate surface area is 190 Å². The largest absolute Gasteiger partial charge is 0.487 e. The van der Waals surface area contributed by atoms with Gasteiger partial charge in [-0.1, -0.05) is 6.07 Å². The minimum absolute atomic E-state index is 0.0369. The normalized spacial score (nSPS) is 14.9. The molecule has 0 radical (unpaired) electrons. The molecule has 2 aromatic heterocycles. The maximum atomic E-state index is 11.5. The molecule has 0 aliphatic carbocycles. The fraction of sp³-hybridized carbons (Fsp3) is 0.227. The van der Waals surface area contributed by atoms with Gasteiger partial charge >= 0.3 is 0 Å². The van der Waals surface area contributed by atoms with Crippen LogP contribution >= 0.6 is 0 Å². The number of piperidine rings is 1. The third-order valence-electron chi connectivity index (χ3n) is 5.53. The van der Waals surface area contributed by atoms with Crippen LogP contribution in [0.2, 0.25) is 0 Å². The molecule has 1 aliphatic rings. The molecule has 3 heterocycles. The number of hydrogen-bond donors (Lipinski definition) is 4. The minimum atomic E-state index is -3.76. The van der Waals surface area contributed by atoms with Crippen LogP contribution in [0.5, 0.6) is 5.75 Å². The number of nitrogens with zero attached hydrogens (tertiary/aromatic N) is 3. The Balaban J connectivity index is 1.53. The first kappa shape index (κ1) is 21.3. The lowest BCUT2D eigenvalue weighted by atomic mass is 10.0. The van der Waals surface area contributed by atoms with Crippen molar-refractivity contribution in [3.63, 3.8) is 0 Å². The Morgan fingerprint density at radius 2 is 1.85 bits per heavy atom. The van der Waals surface area contributed by atoms with E-state index >= 15 is 0 Å². The molecule has 0 bridgehead atoms. The molecule has 1 fully saturated rings. The molecule has 0 spiro atoms. The molecule has 5 N–H and O–H groups in total. The number of anilines is 2. The van der Waals surface area contributed by atoms with Crippen LogP contribution in [0, 0.1) is 0 Å². The number of benzene rings is 2. The lowest BCUT2D eigenvalue weighted by Gasteiger charge is -2.25. The average molecular weight is 466 g/mol.